The van der Waals surface area contributed by atoms with E-state index in [9.17, 15) is 0 Å². The number of fused-ring (bicyclic) bond motifs is 3. The van der Waals surface area contributed by atoms with Gasteiger partial charge in [0.15, 0.2) is 0 Å². The molecule has 0 fully saturated rings. The van der Waals surface area contributed by atoms with Gasteiger partial charge in [-0.3, -0.25) is 0 Å². The molecule has 0 saturated carbocycles. The zero-order chi connectivity index (χ0) is 18.6. The molecule has 4 heteroatoms. The van der Waals surface area contributed by atoms with Crippen LogP contribution in [0.5, 0.6) is 0 Å². The van der Waals surface area contributed by atoms with Crippen LogP contribution in [-0.4, -0.2) is 0 Å². The molecule has 0 atom stereocenters. The molecule has 2 aliphatic rings. The van der Waals surface area contributed by atoms with Crippen LogP contribution < -0.4 is 24.8 Å². The fraction of sp³-hybridized carbons (Fsp3) is 0.360. The average molecular weight is 582 g/mol. The van der Waals surface area contributed by atoms with Gasteiger partial charge in [-0.15, -0.1) is 0 Å². The summed E-state index contributed by atoms with van der Waals surface area (Å²) in [6, 6.07) is 13.7. The molecule has 0 bridgehead atoms. The molecule has 0 spiro atoms. The molecule has 146 valence electrons. The second-order valence-electron chi connectivity index (χ2n) is 8.04. The maximum absolute atomic E-state index is 2.41. The van der Waals surface area contributed by atoms with Crippen molar-refractivity contribution in [2.24, 2.45) is 0 Å². The quantitative estimate of drug-likeness (QED) is 0.515. The SMILES string of the molecule is CC[C]1([Zr+2][C]2=C(C)Cc3ccc4ccccc4c32)C(C)=C(C)C(C)=C1C.[Cl-].[Cl-].[Zr+4]. The molecule has 0 saturated heterocycles. The van der Waals surface area contributed by atoms with E-state index < -0.39 is 23.2 Å². The van der Waals surface area contributed by atoms with Gasteiger partial charge in [0.2, 0.25) is 0 Å². The first kappa shape index (κ1) is 27.3. The Kier molecular flexibility index (Phi) is 9.65. The summed E-state index contributed by atoms with van der Waals surface area (Å²) in [5.41, 5.74) is 11.2. The van der Waals surface area contributed by atoms with E-state index in [-0.39, 0.29) is 51.0 Å². The van der Waals surface area contributed by atoms with Crippen LogP contribution in [0.4, 0.5) is 0 Å². The Morgan fingerprint density at radius 1 is 0.862 bits per heavy atom. The van der Waals surface area contributed by atoms with Crippen LogP contribution >= 0.6 is 0 Å². The normalized spacial score (nSPS) is 16.9. The molecule has 0 radical (unpaired) electrons. The smallest absolute Gasteiger partial charge is 1.00 e. The van der Waals surface area contributed by atoms with E-state index in [1.807, 2.05) is 0 Å². The molecule has 4 rings (SSSR count). The van der Waals surface area contributed by atoms with Crippen LogP contribution in [0.15, 0.2) is 64.3 Å². The van der Waals surface area contributed by atoms with Crippen molar-refractivity contribution in [3.05, 3.63) is 75.4 Å². The molecule has 0 aliphatic heterocycles. The second-order valence-corrected chi connectivity index (χ2v) is 12.0. The third-order valence-corrected chi connectivity index (χ3v) is 13.0. The van der Waals surface area contributed by atoms with Crippen molar-refractivity contribution >= 4 is 14.1 Å². The third-order valence-electron chi connectivity index (χ3n) is 6.98. The Labute approximate surface area is 219 Å². The monoisotopic (exact) mass is 578 g/mol. The van der Waals surface area contributed by atoms with E-state index in [0.29, 0.717) is 3.12 Å². The molecule has 0 aromatic heterocycles. The molecule has 0 heterocycles. The Hall–Kier alpha value is 0.266. The van der Waals surface area contributed by atoms with Gasteiger partial charge >= 0.3 is 196 Å². The van der Waals surface area contributed by atoms with Gasteiger partial charge in [0.1, 0.15) is 0 Å². The summed E-state index contributed by atoms with van der Waals surface area (Å²) < 4.78 is 2.13. The van der Waals surface area contributed by atoms with Gasteiger partial charge in [0, 0.05) is 0 Å². The Morgan fingerprint density at radius 3 is 2.03 bits per heavy atom. The zero-order valence-corrected chi connectivity index (χ0v) is 24.6. The minimum atomic E-state index is -0.845. The maximum Gasteiger partial charge on any atom is 4.00 e. The van der Waals surface area contributed by atoms with Gasteiger partial charge in [-0.2, -0.15) is 0 Å². The molecular formula is C25H28Cl2Zr2+4. The Morgan fingerprint density at radius 2 is 1.45 bits per heavy atom. The summed E-state index contributed by atoms with van der Waals surface area (Å²) in [7, 11) is 0. The molecule has 0 N–H and O–H groups in total. The molecule has 0 amide bonds. The van der Waals surface area contributed by atoms with E-state index in [4.69, 9.17) is 0 Å². The van der Waals surface area contributed by atoms with Gasteiger partial charge in [-0.1, -0.05) is 0 Å². The van der Waals surface area contributed by atoms with Crippen LogP contribution in [0.25, 0.3) is 14.1 Å². The fourth-order valence-corrected chi connectivity index (χ4v) is 10.1. The predicted octanol–water partition coefficient (Wildman–Crippen LogP) is 1.47. The van der Waals surface area contributed by atoms with Gasteiger partial charge in [0.25, 0.3) is 0 Å². The first-order valence-electron chi connectivity index (χ1n) is 9.76. The number of hydrogen-bond donors (Lipinski definition) is 0. The van der Waals surface area contributed by atoms with E-state index in [0.717, 1.165) is 6.42 Å². The van der Waals surface area contributed by atoms with Crippen molar-refractivity contribution in [1.82, 2.24) is 0 Å². The van der Waals surface area contributed by atoms with E-state index in [1.165, 1.54) is 17.2 Å². The first-order chi connectivity index (χ1) is 12.4. The van der Waals surface area contributed by atoms with Gasteiger partial charge in [-0.25, -0.2) is 0 Å². The van der Waals surface area contributed by atoms with Crippen molar-refractivity contribution in [3.63, 3.8) is 0 Å². The maximum atomic E-state index is 2.41. The van der Waals surface area contributed by atoms with Crippen LogP contribution in [-0.2, 0) is 55.9 Å². The molecule has 2 aliphatic carbocycles. The van der Waals surface area contributed by atoms with Crippen molar-refractivity contribution in [2.45, 2.75) is 57.5 Å². The first-order valence-corrected chi connectivity index (χ1v) is 12.2. The molecule has 0 nitrogen and oxygen atoms in total. The Bertz CT molecular complexity index is 1000. The number of rotatable bonds is 3. The van der Waals surface area contributed by atoms with E-state index in [2.05, 4.69) is 77.9 Å². The molecule has 29 heavy (non-hydrogen) atoms. The van der Waals surface area contributed by atoms with Crippen molar-refractivity contribution in [2.75, 3.05) is 0 Å². The summed E-state index contributed by atoms with van der Waals surface area (Å²) in [5, 5.41) is 2.86. The minimum Gasteiger partial charge on any atom is -1.00 e. The molecule has 2 aromatic rings. The second kappa shape index (κ2) is 10.3. The number of halogens is 2. The fourth-order valence-electron chi connectivity index (χ4n) is 5.02. The molecular weight excluding hydrogens is 554 g/mol. The summed E-state index contributed by atoms with van der Waals surface area (Å²) >= 11 is -0.845. The van der Waals surface area contributed by atoms with Crippen LogP contribution in [0.2, 0.25) is 3.12 Å². The average Bonchev–Trinajstić information content (AvgIpc) is 3.05. The number of hydrogen-bond acceptors (Lipinski definition) is 0. The molecule has 0 unspecified atom stereocenters. The third kappa shape index (κ3) is 4.18. The summed E-state index contributed by atoms with van der Waals surface area (Å²) in [5.74, 6) is 0. The van der Waals surface area contributed by atoms with Crippen LogP contribution in [0, 0.1) is 0 Å². The van der Waals surface area contributed by atoms with Crippen LogP contribution in [0.1, 0.15) is 59.1 Å². The number of benzene rings is 2. The van der Waals surface area contributed by atoms with E-state index >= 15 is 0 Å². The summed E-state index contributed by atoms with van der Waals surface area (Å²) in [4.78, 5) is 0. The largest absolute Gasteiger partial charge is 4.00 e. The number of allylic oxidation sites excluding steroid dienone is 5. The van der Waals surface area contributed by atoms with Gasteiger partial charge in [0.05, 0.1) is 0 Å². The minimum absolute atomic E-state index is 0. The molecule has 2 aromatic carbocycles. The van der Waals surface area contributed by atoms with Gasteiger partial charge in [-0.05, 0) is 0 Å². The predicted molar refractivity (Wildman–Crippen MR) is 110 cm³/mol. The topological polar surface area (TPSA) is 0 Å². The summed E-state index contributed by atoms with van der Waals surface area (Å²) in [6.45, 7) is 14.3. The standard InChI is InChI=1S/C14H11.C11H17.2ClH.2Zr/c1-10-8-12-7-6-11-4-2-3-5-13(11)14(12)9-10;1-6-11-9(4)7(2)8(3)10(11)5;;;;/h2-7H,8H2,1H3;6H2,1-5H3;2*1H;;/q;;;;+2;+4/p-2. The van der Waals surface area contributed by atoms with Crippen molar-refractivity contribution in [1.29, 1.82) is 0 Å². The van der Waals surface area contributed by atoms with Crippen molar-refractivity contribution < 1.29 is 74.3 Å². The zero-order valence-electron chi connectivity index (χ0n) is 18.1. The van der Waals surface area contributed by atoms with E-state index in [1.54, 1.807) is 42.3 Å². The Balaban J connectivity index is 0.00000140. The van der Waals surface area contributed by atoms with Gasteiger partial charge < -0.3 is 24.8 Å². The summed E-state index contributed by atoms with van der Waals surface area (Å²) in [6.07, 6.45) is 2.40. The van der Waals surface area contributed by atoms with Crippen LogP contribution in [0.3, 0.4) is 0 Å². The van der Waals surface area contributed by atoms with Crippen molar-refractivity contribution in [3.8, 4) is 0 Å².